The van der Waals surface area contributed by atoms with Crippen molar-refractivity contribution in [3.05, 3.63) is 0 Å². The van der Waals surface area contributed by atoms with E-state index in [0.717, 1.165) is 44.9 Å². The minimum atomic E-state index is -4.25. The summed E-state index contributed by atoms with van der Waals surface area (Å²) in [7, 11) is -4.25. The largest absolute Gasteiger partial charge is 1.00 e. The Morgan fingerprint density at radius 1 is 0.667 bits per heavy atom. The Labute approximate surface area is 211 Å². The third-order valence-electron chi connectivity index (χ3n) is 5.25. The molecule has 0 saturated carbocycles. The van der Waals surface area contributed by atoms with Gasteiger partial charge in [-0.05, 0) is 25.7 Å². The van der Waals surface area contributed by atoms with E-state index in [-0.39, 0.29) is 51.4 Å². The van der Waals surface area contributed by atoms with E-state index in [4.69, 9.17) is 0 Å². The molecule has 158 valence electrons. The van der Waals surface area contributed by atoms with Gasteiger partial charge in [-0.25, -0.2) is 8.42 Å². The Morgan fingerprint density at radius 2 is 1.07 bits per heavy atom. The van der Waals surface area contributed by atoms with Crippen molar-refractivity contribution in [3.8, 4) is 0 Å². The van der Waals surface area contributed by atoms with Crippen molar-refractivity contribution in [3.63, 3.8) is 0 Å². The Kier molecular flexibility index (Phi) is 23.6. The molecule has 4 nitrogen and oxygen atoms in total. The van der Waals surface area contributed by atoms with Crippen LogP contribution in [-0.4, -0.2) is 29.4 Å². The molecule has 2 atom stereocenters. The van der Waals surface area contributed by atoms with Crippen LogP contribution in [0.25, 0.3) is 0 Å². The number of hydrogen-bond donors (Lipinski definition) is 1. The second-order valence-corrected chi connectivity index (χ2v) is 9.46. The second-order valence-electron chi connectivity index (χ2n) is 7.81. The molecule has 0 aromatic rings. The third-order valence-corrected chi connectivity index (χ3v) is 6.54. The Morgan fingerprint density at radius 3 is 1.56 bits per heavy atom. The number of aliphatic hydroxyl groups is 1. The van der Waals surface area contributed by atoms with Crippen molar-refractivity contribution in [1.82, 2.24) is 0 Å². The third kappa shape index (κ3) is 20.6. The molecule has 0 spiro atoms. The van der Waals surface area contributed by atoms with Crippen LogP contribution in [0.3, 0.4) is 0 Å². The average Bonchev–Trinajstić information content (AvgIpc) is 2.58. The molecule has 0 aromatic heterocycles. The zero-order valence-corrected chi connectivity index (χ0v) is 22.2. The zero-order valence-electron chi connectivity index (χ0n) is 18.3. The number of unbranched alkanes of at least 4 members (excludes halogenated alkanes) is 11. The SMILES string of the molecule is CCCCCCCCCCCC(O)CCC(CCCCCC)S(=O)(=O)[O-].[K+]. The van der Waals surface area contributed by atoms with E-state index in [0.29, 0.717) is 19.3 Å². The van der Waals surface area contributed by atoms with Gasteiger partial charge < -0.3 is 9.66 Å². The number of aliphatic hydroxyl groups excluding tert-OH is 1. The average molecular weight is 431 g/mol. The summed E-state index contributed by atoms with van der Waals surface area (Å²) in [5, 5.41) is 9.25. The monoisotopic (exact) mass is 430 g/mol. The van der Waals surface area contributed by atoms with Crippen LogP contribution in [0, 0.1) is 0 Å². The standard InChI is InChI=1S/C21H44O4S.K/c1-3-5-7-9-10-11-12-13-14-16-20(22)18-19-21(26(23,24)25)17-15-8-6-4-2;/h20-22H,3-19H2,1-2H3,(H,23,24,25);/q;+1/p-1. The Balaban J connectivity index is 0. The summed E-state index contributed by atoms with van der Waals surface area (Å²) >= 11 is 0. The predicted molar refractivity (Wildman–Crippen MR) is 109 cm³/mol. The van der Waals surface area contributed by atoms with Gasteiger partial charge >= 0.3 is 51.4 Å². The second kappa shape index (κ2) is 20.8. The summed E-state index contributed by atoms with van der Waals surface area (Å²) in [6, 6.07) is 0. The van der Waals surface area contributed by atoms with E-state index in [1.807, 2.05) is 0 Å². The maximum atomic E-state index is 11.4. The molecular formula is C21H43KO4S. The summed E-state index contributed by atoms with van der Waals surface area (Å²) in [6.07, 6.45) is 16.6. The molecule has 0 aromatic carbocycles. The van der Waals surface area contributed by atoms with Crippen LogP contribution < -0.4 is 51.4 Å². The molecule has 0 bridgehead atoms. The maximum absolute atomic E-state index is 11.4. The molecule has 27 heavy (non-hydrogen) atoms. The molecule has 0 aliphatic carbocycles. The van der Waals surface area contributed by atoms with Gasteiger partial charge in [0.1, 0.15) is 0 Å². The van der Waals surface area contributed by atoms with Crippen LogP contribution in [0.1, 0.15) is 123 Å². The van der Waals surface area contributed by atoms with Gasteiger partial charge in [0.25, 0.3) is 0 Å². The van der Waals surface area contributed by atoms with Crippen molar-refractivity contribution in [1.29, 1.82) is 0 Å². The van der Waals surface area contributed by atoms with E-state index in [1.54, 1.807) is 0 Å². The van der Waals surface area contributed by atoms with Gasteiger partial charge in [-0.1, -0.05) is 97.3 Å². The summed E-state index contributed by atoms with van der Waals surface area (Å²) in [5.74, 6) is 0. The van der Waals surface area contributed by atoms with Crippen molar-refractivity contribution in [2.45, 2.75) is 134 Å². The molecule has 0 fully saturated rings. The van der Waals surface area contributed by atoms with Gasteiger partial charge in [0.2, 0.25) is 0 Å². The molecule has 0 radical (unpaired) electrons. The van der Waals surface area contributed by atoms with Gasteiger partial charge in [0.15, 0.2) is 0 Å². The molecule has 0 aliphatic heterocycles. The van der Waals surface area contributed by atoms with Gasteiger partial charge in [-0.3, -0.25) is 0 Å². The summed E-state index contributed by atoms with van der Waals surface area (Å²) in [6.45, 7) is 4.33. The molecule has 0 saturated heterocycles. The molecule has 0 aliphatic rings. The molecular weight excluding hydrogens is 387 g/mol. The Hall–Kier alpha value is 1.51. The van der Waals surface area contributed by atoms with Gasteiger partial charge in [0.05, 0.1) is 16.2 Å². The molecule has 0 rings (SSSR count). The smallest absolute Gasteiger partial charge is 0.748 e. The first-order valence-corrected chi connectivity index (χ1v) is 12.5. The molecule has 0 heterocycles. The van der Waals surface area contributed by atoms with Crippen LogP contribution in [-0.2, 0) is 10.1 Å². The molecule has 1 N–H and O–H groups in total. The molecule has 2 unspecified atom stereocenters. The Bertz CT molecular complexity index is 401. The summed E-state index contributed by atoms with van der Waals surface area (Å²) in [5.41, 5.74) is 0. The summed E-state index contributed by atoms with van der Waals surface area (Å²) < 4.78 is 34.2. The topological polar surface area (TPSA) is 77.4 Å². The normalized spacial score (nSPS) is 13.9. The quantitative estimate of drug-likeness (QED) is 0.194. The van der Waals surface area contributed by atoms with E-state index in [2.05, 4.69) is 13.8 Å². The van der Waals surface area contributed by atoms with Crippen LogP contribution >= 0.6 is 0 Å². The number of rotatable bonds is 19. The van der Waals surface area contributed by atoms with Crippen LogP contribution in [0.15, 0.2) is 0 Å². The van der Waals surface area contributed by atoms with E-state index < -0.39 is 21.5 Å². The van der Waals surface area contributed by atoms with E-state index in [1.165, 1.54) is 44.9 Å². The van der Waals surface area contributed by atoms with Crippen LogP contribution in [0.2, 0.25) is 0 Å². The fourth-order valence-corrected chi connectivity index (χ4v) is 4.33. The molecule has 6 heteroatoms. The first-order chi connectivity index (χ1) is 12.4. The summed E-state index contributed by atoms with van der Waals surface area (Å²) in [4.78, 5) is 0. The van der Waals surface area contributed by atoms with Gasteiger partial charge in [-0.2, -0.15) is 0 Å². The zero-order chi connectivity index (χ0) is 19.7. The molecule has 0 amide bonds. The van der Waals surface area contributed by atoms with Crippen LogP contribution in [0.5, 0.6) is 0 Å². The maximum Gasteiger partial charge on any atom is 1.00 e. The minimum absolute atomic E-state index is 0. The first kappa shape index (κ1) is 30.7. The predicted octanol–water partition coefficient (Wildman–Crippen LogP) is 2.94. The first-order valence-electron chi connectivity index (χ1n) is 11.0. The van der Waals surface area contributed by atoms with Gasteiger partial charge in [0, 0.05) is 5.25 Å². The fraction of sp³-hybridized carbons (Fsp3) is 1.00. The van der Waals surface area contributed by atoms with E-state index in [9.17, 15) is 18.1 Å². The number of hydrogen-bond acceptors (Lipinski definition) is 4. The van der Waals surface area contributed by atoms with Crippen molar-refractivity contribution in [2.24, 2.45) is 0 Å². The van der Waals surface area contributed by atoms with Crippen LogP contribution in [0.4, 0.5) is 0 Å². The van der Waals surface area contributed by atoms with Crippen molar-refractivity contribution >= 4 is 10.1 Å². The van der Waals surface area contributed by atoms with Crippen molar-refractivity contribution < 1.29 is 69.5 Å². The van der Waals surface area contributed by atoms with Gasteiger partial charge in [-0.15, -0.1) is 0 Å². The van der Waals surface area contributed by atoms with E-state index >= 15 is 0 Å². The van der Waals surface area contributed by atoms with Crippen molar-refractivity contribution in [2.75, 3.05) is 0 Å². The minimum Gasteiger partial charge on any atom is -0.748 e. The fourth-order valence-electron chi connectivity index (χ4n) is 3.45.